The molecule has 0 heterocycles. The summed E-state index contributed by atoms with van der Waals surface area (Å²) in [7, 11) is 1.49. The predicted molar refractivity (Wildman–Crippen MR) is 79.8 cm³/mol. The Kier molecular flexibility index (Phi) is 4.27. The number of aromatic hydroxyl groups is 1. The highest BCUT2D eigenvalue weighted by Gasteiger charge is 2.10. The van der Waals surface area contributed by atoms with Gasteiger partial charge < -0.3 is 15.2 Å². The van der Waals surface area contributed by atoms with Crippen LogP contribution in [0, 0.1) is 17.0 Å². The lowest BCUT2D eigenvalue weighted by Crippen LogP contribution is -2.01. The van der Waals surface area contributed by atoms with Crippen LogP contribution >= 0.6 is 0 Å². The lowest BCUT2D eigenvalue weighted by atomic mass is 10.1. The molecule has 0 unspecified atom stereocenters. The number of aryl methyl sites for hydroxylation is 1. The fourth-order valence-corrected chi connectivity index (χ4v) is 2.01. The molecule has 110 valence electrons. The van der Waals surface area contributed by atoms with E-state index < -0.39 is 4.92 Å². The third-order valence-corrected chi connectivity index (χ3v) is 3.13. The van der Waals surface area contributed by atoms with Crippen molar-refractivity contribution in [3.05, 3.63) is 57.6 Å². The van der Waals surface area contributed by atoms with E-state index in [4.69, 9.17) is 4.74 Å². The second kappa shape index (κ2) is 6.13. The van der Waals surface area contributed by atoms with E-state index in [1.165, 1.54) is 13.2 Å². The Balaban J connectivity index is 2.09. The monoisotopic (exact) mass is 288 g/mol. The Labute approximate surface area is 122 Å². The summed E-state index contributed by atoms with van der Waals surface area (Å²) < 4.78 is 5.05. The second-order valence-corrected chi connectivity index (χ2v) is 4.62. The zero-order valence-corrected chi connectivity index (χ0v) is 11.8. The molecule has 0 atom stereocenters. The zero-order valence-electron chi connectivity index (χ0n) is 11.8. The van der Waals surface area contributed by atoms with Crippen LogP contribution in [0.1, 0.15) is 11.1 Å². The summed E-state index contributed by atoms with van der Waals surface area (Å²) in [5, 5.41) is 23.5. The number of benzene rings is 2. The van der Waals surface area contributed by atoms with Gasteiger partial charge in [0.2, 0.25) is 0 Å². The van der Waals surface area contributed by atoms with Gasteiger partial charge in [-0.3, -0.25) is 10.1 Å². The number of hydrogen-bond acceptors (Lipinski definition) is 5. The summed E-state index contributed by atoms with van der Waals surface area (Å²) in [6, 6.07) is 9.97. The number of methoxy groups -OCH3 is 1. The SMILES string of the molecule is COc1cc(CNc2ccc([N+](=O)[O-])c(C)c2)ccc1O. The first kappa shape index (κ1) is 14.6. The quantitative estimate of drug-likeness (QED) is 0.651. The van der Waals surface area contributed by atoms with Gasteiger partial charge in [-0.1, -0.05) is 6.07 Å². The minimum atomic E-state index is -0.399. The predicted octanol–water partition coefficient (Wildman–Crippen LogP) is 3.23. The molecule has 2 aromatic rings. The van der Waals surface area contributed by atoms with Gasteiger partial charge >= 0.3 is 0 Å². The fraction of sp³-hybridized carbons (Fsp3) is 0.200. The van der Waals surface area contributed by atoms with Crippen LogP contribution in [-0.4, -0.2) is 17.1 Å². The normalized spacial score (nSPS) is 10.2. The minimum absolute atomic E-state index is 0.0902. The van der Waals surface area contributed by atoms with Gasteiger partial charge in [0.05, 0.1) is 12.0 Å². The van der Waals surface area contributed by atoms with E-state index in [1.54, 1.807) is 37.3 Å². The molecule has 2 N–H and O–H groups in total. The summed E-state index contributed by atoms with van der Waals surface area (Å²) in [4.78, 5) is 10.4. The number of nitro groups is 1. The third kappa shape index (κ3) is 3.42. The van der Waals surface area contributed by atoms with Gasteiger partial charge in [0.25, 0.3) is 5.69 Å². The Hall–Kier alpha value is -2.76. The van der Waals surface area contributed by atoms with E-state index in [2.05, 4.69) is 5.32 Å². The fourth-order valence-electron chi connectivity index (χ4n) is 2.01. The number of nitrogens with zero attached hydrogens (tertiary/aromatic N) is 1. The van der Waals surface area contributed by atoms with Crippen molar-refractivity contribution in [2.45, 2.75) is 13.5 Å². The van der Waals surface area contributed by atoms with Crippen molar-refractivity contribution < 1.29 is 14.8 Å². The van der Waals surface area contributed by atoms with Gasteiger partial charge in [-0.05, 0) is 36.8 Å². The smallest absolute Gasteiger partial charge is 0.272 e. The summed E-state index contributed by atoms with van der Waals surface area (Å²) in [5.41, 5.74) is 2.44. The maximum absolute atomic E-state index is 10.8. The number of hydrogen-bond donors (Lipinski definition) is 2. The first-order valence-electron chi connectivity index (χ1n) is 6.36. The minimum Gasteiger partial charge on any atom is -0.504 e. The molecule has 0 aliphatic carbocycles. The molecule has 2 aromatic carbocycles. The van der Waals surface area contributed by atoms with Gasteiger partial charge in [0, 0.05) is 23.9 Å². The highest BCUT2D eigenvalue weighted by atomic mass is 16.6. The van der Waals surface area contributed by atoms with Crippen LogP contribution < -0.4 is 10.1 Å². The molecule has 6 heteroatoms. The number of phenolic OH excluding ortho intramolecular Hbond substituents is 1. The van der Waals surface area contributed by atoms with E-state index in [9.17, 15) is 15.2 Å². The third-order valence-electron chi connectivity index (χ3n) is 3.13. The molecule has 0 saturated carbocycles. The molecule has 0 radical (unpaired) electrons. The summed E-state index contributed by atoms with van der Waals surface area (Å²) in [6.07, 6.45) is 0. The first-order valence-corrected chi connectivity index (χ1v) is 6.36. The molecule has 0 spiro atoms. The lowest BCUT2D eigenvalue weighted by Gasteiger charge is -2.09. The van der Waals surface area contributed by atoms with Crippen LogP contribution in [0.5, 0.6) is 11.5 Å². The number of nitrogens with one attached hydrogen (secondary N) is 1. The molecular formula is C15H16N2O4. The zero-order chi connectivity index (χ0) is 15.4. The van der Waals surface area contributed by atoms with Crippen LogP contribution in [0.15, 0.2) is 36.4 Å². The van der Waals surface area contributed by atoms with E-state index >= 15 is 0 Å². The standard InChI is InChI=1S/C15H16N2O4/c1-10-7-12(4-5-13(10)17(19)20)16-9-11-3-6-14(18)15(8-11)21-2/h3-8,16,18H,9H2,1-2H3. The number of ether oxygens (including phenoxy) is 1. The molecule has 21 heavy (non-hydrogen) atoms. The Morgan fingerprint density at radius 3 is 2.67 bits per heavy atom. The van der Waals surface area contributed by atoms with E-state index in [-0.39, 0.29) is 11.4 Å². The van der Waals surface area contributed by atoms with Crippen LogP contribution in [0.25, 0.3) is 0 Å². The first-order chi connectivity index (χ1) is 10.0. The van der Waals surface area contributed by atoms with Crippen molar-refractivity contribution in [3.63, 3.8) is 0 Å². The number of nitro benzene ring substituents is 1. The largest absolute Gasteiger partial charge is 0.504 e. The molecule has 0 aliphatic rings. The number of rotatable bonds is 5. The Morgan fingerprint density at radius 1 is 1.29 bits per heavy atom. The molecule has 0 bridgehead atoms. The van der Waals surface area contributed by atoms with Crippen molar-refractivity contribution in [1.82, 2.24) is 0 Å². The molecule has 6 nitrogen and oxygen atoms in total. The van der Waals surface area contributed by atoms with E-state index in [0.717, 1.165) is 11.3 Å². The van der Waals surface area contributed by atoms with Crippen molar-refractivity contribution in [2.75, 3.05) is 12.4 Å². The van der Waals surface area contributed by atoms with Crippen molar-refractivity contribution in [3.8, 4) is 11.5 Å². The molecular weight excluding hydrogens is 272 g/mol. The molecule has 0 amide bonds. The lowest BCUT2D eigenvalue weighted by molar-refractivity contribution is -0.385. The van der Waals surface area contributed by atoms with E-state index in [0.29, 0.717) is 17.9 Å². The van der Waals surface area contributed by atoms with E-state index in [1.807, 2.05) is 0 Å². The maximum Gasteiger partial charge on any atom is 0.272 e. The molecule has 0 aromatic heterocycles. The average molecular weight is 288 g/mol. The van der Waals surface area contributed by atoms with Crippen molar-refractivity contribution in [1.29, 1.82) is 0 Å². The van der Waals surface area contributed by atoms with Gasteiger partial charge in [-0.2, -0.15) is 0 Å². The van der Waals surface area contributed by atoms with Crippen LogP contribution in [0.4, 0.5) is 11.4 Å². The van der Waals surface area contributed by atoms with Gasteiger partial charge in [0.1, 0.15) is 0 Å². The highest BCUT2D eigenvalue weighted by Crippen LogP contribution is 2.27. The summed E-state index contributed by atoms with van der Waals surface area (Å²) >= 11 is 0. The topological polar surface area (TPSA) is 84.6 Å². The van der Waals surface area contributed by atoms with Gasteiger partial charge in [-0.25, -0.2) is 0 Å². The molecule has 0 fully saturated rings. The van der Waals surface area contributed by atoms with Gasteiger partial charge in [0.15, 0.2) is 11.5 Å². The van der Waals surface area contributed by atoms with Crippen molar-refractivity contribution in [2.24, 2.45) is 0 Å². The van der Waals surface area contributed by atoms with Gasteiger partial charge in [-0.15, -0.1) is 0 Å². The highest BCUT2D eigenvalue weighted by molar-refractivity contribution is 5.54. The Morgan fingerprint density at radius 2 is 2.05 bits per heavy atom. The summed E-state index contributed by atoms with van der Waals surface area (Å²) in [5.74, 6) is 0.501. The average Bonchev–Trinajstić information content (AvgIpc) is 2.46. The van der Waals surface area contributed by atoms with Crippen LogP contribution in [0.3, 0.4) is 0 Å². The number of phenols is 1. The summed E-state index contributed by atoms with van der Waals surface area (Å²) in [6.45, 7) is 2.22. The number of anilines is 1. The van der Waals surface area contributed by atoms with Crippen LogP contribution in [0.2, 0.25) is 0 Å². The molecule has 0 aliphatic heterocycles. The Bertz CT molecular complexity index is 671. The van der Waals surface area contributed by atoms with Crippen LogP contribution in [-0.2, 0) is 6.54 Å². The van der Waals surface area contributed by atoms with Crippen molar-refractivity contribution >= 4 is 11.4 Å². The molecule has 0 saturated heterocycles. The molecule has 2 rings (SSSR count). The second-order valence-electron chi connectivity index (χ2n) is 4.62. The maximum atomic E-state index is 10.8.